The number of piperidine rings is 1. The van der Waals surface area contributed by atoms with Gasteiger partial charge in [0.05, 0.1) is 5.60 Å². The van der Waals surface area contributed by atoms with Gasteiger partial charge in [-0.05, 0) is 26.3 Å². The van der Waals surface area contributed by atoms with Crippen LogP contribution in [-0.4, -0.2) is 37.7 Å². The Morgan fingerprint density at radius 1 is 1.29 bits per heavy atom. The van der Waals surface area contributed by atoms with Gasteiger partial charge in [-0.3, -0.25) is 0 Å². The molecule has 1 heterocycles. The van der Waals surface area contributed by atoms with Gasteiger partial charge in [-0.1, -0.05) is 13.3 Å². The predicted octanol–water partition coefficient (Wildman–Crippen LogP) is 2.14. The van der Waals surface area contributed by atoms with Gasteiger partial charge in [0.15, 0.2) is 0 Å². The fourth-order valence-corrected chi connectivity index (χ4v) is 3.81. The summed E-state index contributed by atoms with van der Waals surface area (Å²) in [7, 11) is 4.17. The number of likely N-dealkylation sites (tertiary alicyclic amines) is 1. The summed E-state index contributed by atoms with van der Waals surface area (Å²) in [4.78, 5) is 2.49. The average molecular weight is 197 g/mol. The lowest BCUT2D eigenvalue weighted by Crippen LogP contribution is -2.59. The first kappa shape index (κ1) is 10.4. The van der Waals surface area contributed by atoms with E-state index < -0.39 is 0 Å². The Bertz CT molecular complexity index is 184. The second-order valence-electron chi connectivity index (χ2n) is 5.06. The van der Waals surface area contributed by atoms with Crippen molar-refractivity contribution in [1.29, 1.82) is 0 Å². The van der Waals surface area contributed by atoms with Crippen LogP contribution in [0, 0.1) is 11.8 Å². The Labute approximate surface area is 87.6 Å². The summed E-state index contributed by atoms with van der Waals surface area (Å²) in [6, 6.07) is 0. The molecule has 2 aliphatic rings. The standard InChI is InChI=1S/C12H23NO/c1-4-12(14-3)10-6-5-7-11(12)9-13(2)8-10/h10-11H,4-9H2,1-3H3. The molecule has 0 amide bonds. The first-order valence-electron chi connectivity index (χ1n) is 5.96. The van der Waals surface area contributed by atoms with Crippen LogP contribution in [0.5, 0.6) is 0 Å². The molecule has 1 saturated heterocycles. The van der Waals surface area contributed by atoms with Gasteiger partial charge in [0.25, 0.3) is 0 Å². The second kappa shape index (κ2) is 3.82. The summed E-state index contributed by atoms with van der Waals surface area (Å²) in [6.07, 6.45) is 5.33. The minimum Gasteiger partial charge on any atom is -0.378 e. The number of fused-ring (bicyclic) bond motifs is 2. The number of hydrogen-bond acceptors (Lipinski definition) is 2. The van der Waals surface area contributed by atoms with E-state index in [2.05, 4.69) is 18.9 Å². The third-order valence-electron chi connectivity index (χ3n) is 4.48. The SMILES string of the molecule is CCC1(OC)C2CCCC1CN(C)C2. The van der Waals surface area contributed by atoms with Crippen LogP contribution in [0.2, 0.25) is 0 Å². The Kier molecular flexibility index (Phi) is 2.85. The van der Waals surface area contributed by atoms with E-state index in [-0.39, 0.29) is 5.60 Å². The molecule has 0 radical (unpaired) electrons. The number of methoxy groups -OCH3 is 1. The minimum atomic E-state index is 0.213. The first-order chi connectivity index (χ1) is 6.73. The summed E-state index contributed by atoms with van der Waals surface area (Å²) < 4.78 is 5.92. The number of hydrogen-bond donors (Lipinski definition) is 0. The molecule has 2 nitrogen and oxygen atoms in total. The zero-order valence-corrected chi connectivity index (χ0v) is 9.75. The normalized spacial score (nSPS) is 43.9. The van der Waals surface area contributed by atoms with Crippen LogP contribution < -0.4 is 0 Å². The average Bonchev–Trinajstić information content (AvgIpc) is 2.17. The smallest absolute Gasteiger partial charge is 0.0756 e. The van der Waals surface area contributed by atoms with Gasteiger partial charge in [0.2, 0.25) is 0 Å². The topological polar surface area (TPSA) is 12.5 Å². The lowest BCUT2D eigenvalue weighted by molar-refractivity contribution is -0.159. The molecule has 2 heteroatoms. The van der Waals surface area contributed by atoms with E-state index in [1.54, 1.807) is 0 Å². The van der Waals surface area contributed by atoms with Gasteiger partial charge in [0, 0.05) is 32.0 Å². The highest BCUT2D eigenvalue weighted by Gasteiger charge is 2.49. The second-order valence-corrected chi connectivity index (χ2v) is 5.06. The van der Waals surface area contributed by atoms with Crippen molar-refractivity contribution >= 4 is 0 Å². The highest BCUT2D eigenvalue weighted by atomic mass is 16.5. The quantitative estimate of drug-likeness (QED) is 0.672. The van der Waals surface area contributed by atoms with Crippen LogP contribution in [0.15, 0.2) is 0 Å². The molecule has 2 fully saturated rings. The van der Waals surface area contributed by atoms with Crippen molar-refractivity contribution in [3.05, 3.63) is 0 Å². The van der Waals surface area contributed by atoms with Crippen molar-refractivity contribution in [2.75, 3.05) is 27.2 Å². The summed E-state index contributed by atoms with van der Waals surface area (Å²) in [6.45, 7) is 4.76. The monoisotopic (exact) mass is 197 g/mol. The van der Waals surface area contributed by atoms with Crippen molar-refractivity contribution in [2.24, 2.45) is 11.8 Å². The minimum absolute atomic E-state index is 0.213. The lowest BCUT2D eigenvalue weighted by Gasteiger charge is -2.54. The van der Waals surface area contributed by atoms with E-state index in [9.17, 15) is 0 Å². The molecule has 0 N–H and O–H groups in total. The van der Waals surface area contributed by atoms with Crippen LogP contribution in [0.25, 0.3) is 0 Å². The third kappa shape index (κ3) is 1.40. The molecule has 2 unspecified atom stereocenters. The van der Waals surface area contributed by atoms with Crippen LogP contribution in [0.1, 0.15) is 32.6 Å². The molecule has 82 valence electrons. The van der Waals surface area contributed by atoms with E-state index in [4.69, 9.17) is 4.74 Å². The maximum absolute atomic E-state index is 5.92. The Morgan fingerprint density at radius 2 is 1.86 bits per heavy atom. The highest BCUT2D eigenvalue weighted by Crippen LogP contribution is 2.46. The molecule has 2 rings (SSSR count). The Balaban J connectivity index is 2.23. The molecule has 1 saturated carbocycles. The van der Waals surface area contributed by atoms with Gasteiger partial charge in [-0.15, -0.1) is 0 Å². The summed E-state index contributed by atoms with van der Waals surface area (Å²) >= 11 is 0. The Morgan fingerprint density at radius 3 is 2.29 bits per heavy atom. The van der Waals surface area contributed by atoms with Crippen LogP contribution >= 0.6 is 0 Å². The van der Waals surface area contributed by atoms with E-state index in [1.807, 2.05) is 7.11 Å². The fourth-order valence-electron chi connectivity index (χ4n) is 3.81. The first-order valence-corrected chi connectivity index (χ1v) is 5.96. The van der Waals surface area contributed by atoms with Gasteiger partial charge in [-0.2, -0.15) is 0 Å². The van der Waals surface area contributed by atoms with Crippen molar-refractivity contribution < 1.29 is 4.74 Å². The molecule has 1 aliphatic heterocycles. The third-order valence-corrected chi connectivity index (χ3v) is 4.48. The van der Waals surface area contributed by atoms with Gasteiger partial charge in [-0.25, -0.2) is 0 Å². The van der Waals surface area contributed by atoms with Crippen LogP contribution in [0.4, 0.5) is 0 Å². The molecule has 14 heavy (non-hydrogen) atoms. The maximum Gasteiger partial charge on any atom is 0.0756 e. The molecular weight excluding hydrogens is 174 g/mol. The lowest BCUT2D eigenvalue weighted by atomic mass is 9.64. The van der Waals surface area contributed by atoms with E-state index in [1.165, 1.54) is 38.8 Å². The zero-order chi connectivity index (χ0) is 10.2. The van der Waals surface area contributed by atoms with Gasteiger partial charge >= 0.3 is 0 Å². The largest absolute Gasteiger partial charge is 0.378 e. The summed E-state index contributed by atoms with van der Waals surface area (Å²) in [5.74, 6) is 1.55. The number of ether oxygens (including phenoxy) is 1. The van der Waals surface area contributed by atoms with Crippen LogP contribution in [0.3, 0.4) is 0 Å². The zero-order valence-electron chi connectivity index (χ0n) is 9.75. The maximum atomic E-state index is 5.92. The number of nitrogens with zero attached hydrogens (tertiary/aromatic N) is 1. The van der Waals surface area contributed by atoms with E-state index in [0.29, 0.717) is 0 Å². The molecule has 0 aromatic carbocycles. The van der Waals surface area contributed by atoms with Crippen molar-refractivity contribution in [2.45, 2.75) is 38.2 Å². The molecule has 2 atom stereocenters. The van der Waals surface area contributed by atoms with Crippen molar-refractivity contribution in [1.82, 2.24) is 4.90 Å². The molecule has 1 aliphatic carbocycles. The van der Waals surface area contributed by atoms with E-state index >= 15 is 0 Å². The van der Waals surface area contributed by atoms with Gasteiger partial charge < -0.3 is 9.64 Å². The van der Waals surface area contributed by atoms with Crippen molar-refractivity contribution in [3.63, 3.8) is 0 Å². The molecule has 0 aromatic heterocycles. The Hall–Kier alpha value is -0.0800. The fraction of sp³-hybridized carbons (Fsp3) is 1.00. The molecular formula is C12H23NO. The summed E-state index contributed by atoms with van der Waals surface area (Å²) in [5.41, 5.74) is 0.213. The van der Waals surface area contributed by atoms with E-state index in [0.717, 1.165) is 11.8 Å². The van der Waals surface area contributed by atoms with Crippen LogP contribution in [-0.2, 0) is 4.74 Å². The van der Waals surface area contributed by atoms with Crippen molar-refractivity contribution in [3.8, 4) is 0 Å². The predicted molar refractivity (Wildman–Crippen MR) is 58.4 cm³/mol. The van der Waals surface area contributed by atoms with Gasteiger partial charge in [0.1, 0.15) is 0 Å². The molecule has 0 spiro atoms. The molecule has 2 bridgehead atoms. The summed E-state index contributed by atoms with van der Waals surface area (Å²) in [5, 5.41) is 0. The number of rotatable bonds is 2. The molecule has 0 aromatic rings. The highest BCUT2D eigenvalue weighted by molar-refractivity contribution is 5.01.